The number of benzene rings is 1. The highest BCUT2D eigenvalue weighted by atomic mass is 35.5. The number of amides is 1. The Hall–Kier alpha value is -1.06. The highest BCUT2D eigenvalue weighted by molar-refractivity contribution is 5.87. The number of carbonyl (C=O) groups is 1. The van der Waals surface area contributed by atoms with Crippen LogP contribution in [0.25, 0.3) is 0 Å². The van der Waals surface area contributed by atoms with Crippen molar-refractivity contribution in [2.75, 3.05) is 13.1 Å². The minimum absolute atomic E-state index is 0. The Kier molecular flexibility index (Phi) is 5.60. The quantitative estimate of drug-likeness (QED) is 0.910. The number of halogens is 1. The molecule has 1 aromatic rings. The molecule has 1 heterocycles. The largest absolute Gasteiger partial charge is 0.339 e. The van der Waals surface area contributed by atoms with Gasteiger partial charge in [-0.3, -0.25) is 4.79 Å². The molecule has 1 N–H and O–H groups in total. The Bertz CT molecular complexity index is 437. The Morgan fingerprint density at radius 1 is 1.15 bits per heavy atom. The maximum Gasteiger partial charge on any atom is 0.232 e. The van der Waals surface area contributed by atoms with E-state index in [2.05, 4.69) is 19.2 Å². The first-order chi connectivity index (χ1) is 8.91. The van der Waals surface area contributed by atoms with E-state index < -0.39 is 5.41 Å². The molecule has 1 aliphatic heterocycles. The summed E-state index contributed by atoms with van der Waals surface area (Å²) in [6, 6.07) is 10.8. The number of nitrogens with one attached hydrogen (secondary N) is 1. The Balaban J connectivity index is 0.00000200. The molecule has 0 radical (unpaired) electrons. The second-order valence-electron chi connectivity index (χ2n) is 6.17. The number of rotatable bonds is 2. The van der Waals surface area contributed by atoms with E-state index in [1.807, 2.05) is 49.1 Å². The van der Waals surface area contributed by atoms with Crippen molar-refractivity contribution in [1.82, 2.24) is 10.2 Å². The maximum absolute atomic E-state index is 12.8. The van der Waals surface area contributed by atoms with Crippen molar-refractivity contribution in [1.29, 1.82) is 0 Å². The molecule has 1 saturated heterocycles. The molecule has 1 fully saturated rings. The van der Waals surface area contributed by atoms with Gasteiger partial charge in [0.05, 0.1) is 5.41 Å². The molecule has 2 rings (SSSR count). The molecule has 112 valence electrons. The average molecular weight is 297 g/mol. The van der Waals surface area contributed by atoms with Crippen molar-refractivity contribution in [2.24, 2.45) is 0 Å². The molecule has 0 aliphatic carbocycles. The summed E-state index contributed by atoms with van der Waals surface area (Å²) in [5.41, 5.74) is 0.622. The highest BCUT2D eigenvalue weighted by Crippen LogP contribution is 2.26. The summed E-state index contributed by atoms with van der Waals surface area (Å²) < 4.78 is 0. The van der Waals surface area contributed by atoms with Crippen LogP contribution in [0, 0.1) is 0 Å². The molecule has 1 amide bonds. The third kappa shape index (κ3) is 3.53. The van der Waals surface area contributed by atoms with Gasteiger partial charge in [-0.2, -0.15) is 0 Å². The number of hydrogen-bond donors (Lipinski definition) is 1. The number of piperazine rings is 1. The lowest BCUT2D eigenvalue weighted by atomic mass is 9.83. The summed E-state index contributed by atoms with van der Waals surface area (Å²) >= 11 is 0. The maximum atomic E-state index is 12.8. The van der Waals surface area contributed by atoms with E-state index in [-0.39, 0.29) is 18.3 Å². The van der Waals surface area contributed by atoms with Crippen LogP contribution in [0.15, 0.2) is 30.3 Å². The predicted molar refractivity (Wildman–Crippen MR) is 85.4 cm³/mol. The minimum atomic E-state index is -0.460. The lowest BCUT2D eigenvalue weighted by Crippen LogP contribution is -2.58. The topological polar surface area (TPSA) is 32.3 Å². The van der Waals surface area contributed by atoms with Gasteiger partial charge < -0.3 is 10.2 Å². The molecular formula is C16H25ClN2O. The first-order valence-electron chi connectivity index (χ1n) is 7.02. The summed E-state index contributed by atoms with van der Waals surface area (Å²) in [4.78, 5) is 14.8. The molecule has 4 heteroatoms. The summed E-state index contributed by atoms with van der Waals surface area (Å²) in [6.45, 7) is 9.87. The molecule has 20 heavy (non-hydrogen) atoms. The fourth-order valence-corrected chi connectivity index (χ4v) is 2.87. The van der Waals surface area contributed by atoms with Crippen molar-refractivity contribution in [3.05, 3.63) is 35.9 Å². The number of nitrogens with zero attached hydrogens (tertiary/aromatic N) is 1. The molecule has 2 unspecified atom stereocenters. The Morgan fingerprint density at radius 2 is 1.65 bits per heavy atom. The van der Waals surface area contributed by atoms with Crippen LogP contribution in [-0.4, -0.2) is 36.0 Å². The van der Waals surface area contributed by atoms with Crippen molar-refractivity contribution >= 4 is 18.3 Å². The van der Waals surface area contributed by atoms with E-state index in [1.54, 1.807) is 0 Å². The van der Waals surface area contributed by atoms with Crippen LogP contribution in [-0.2, 0) is 10.2 Å². The van der Waals surface area contributed by atoms with Gasteiger partial charge in [0.2, 0.25) is 5.91 Å². The highest BCUT2D eigenvalue weighted by Gasteiger charge is 2.36. The van der Waals surface area contributed by atoms with Gasteiger partial charge in [0.1, 0.15) is 0 Å². The van der Waals surface area contributed by atoms with Crippen molar-refractivity contribution in [3.8, 4) is 0 Å². The summed E-state index contributed by atoms with van der Waals surface area (Å²) in [6.07, 6.45) is 0. The van der Waals surface area contributed by atoms with Gasteiger partial charge >= 0.3 is 0 Å². The molecule has 1 aromatic carbocycles. The zero-order valence-corrected chi connectivity index (χ0v) is 13.5. The van der Waals surface area contributed by atoms with Crippen LogP contribution in [0.1, 0.15) is 33.3 Å². The second kappa shape index (κ2) is 6.59. The third-order valence-electron chi connectivity index (χ3n) is 3.87. The Labute approximate surface area is 128 Å². The van der Waals surface area contributed by atoms with E-state index in [1.165, 1.54) is 0 Å². The summed E-state index contributed by atoms with van der Waals surface area (Å²) in [5, 5.41) is 3.46. The van der Waals surface area contributed by atoms with Crippen molar-refractivity contribution < 1.29 is 4.79 Å². The predicted octanol–water partition coefficient (Wildman–Crippen LogP) is 2.59. The number of hydrogen-bond acceptors (Lipinski definition) is 2. The normalized spacial score (nSPS) is 23.1. The fraction of sp³-hybridized carbons (Fsp3) is 0.562. The molecule has 0 spiro atoms. The van der Waals surface area contributed by atoms with Gasteiger partial charge in [-0.15, -0.1) is 12.4 Å². The third-order valence-corrected chi connectivity index (χ3v) is 3.87. The zero-order chi connectivity index (χ0) is 14.0. The van der Waals surface area contributed by atoms with Gasteiger partial charge in [0, 0.05) is 25.2 Å². The van der Waals surface area contributed by atoms with Crippen molar-refractivity contribution in [2.45, 2.75) is 45.2 Å². The van der Waals surface area contributed by atoms with Gasteiger partial charge in [-0.25, -0.2) is 0 Å². The SMILES string of the molecule is CC1CN(C(=O)C(C)(C)c2ccccc2)CC(C)N1.Cl. The zero-order valence-electron chi connectivity index (χ0n) is 12.7. The molecule has 0 aromatic heterocycles. The first kappa shape index (κ1) is 17.0. The molecular weight excluding hydrogens is 272 g/mol. The van der Waals surface area contributed by atoms with Crippen LogP contribution >= 0.6 is 12.4 Å². The first-order valence-corrected chi connectivity index (χ1v) is 7.02. The molecule has 3 nitrogen and oxygen atoms in total. The molecule has 2 atom stereocenters. The van der Waals surface area contributed by atoms with E-state index in [0.29, 0.717) is 12.1 Å². The van der Waals surface area contributed by atoms with Crippen molar-refractivity contribution in [3.63, 3.8) is 0 Å². The smallest absolute Gasteiger partial charge is 0.232 e. The van der Waals surface area contributed by atoms with Gasteiger partial charge in [-0.1, -0.05) is 30.3 Å². The Morgan fingerprint density at radius 3 is 2.15 bits per heavy atom. The summed E-state index contributed by atoms with van der Waals surface area (Å²) in [7, 11) is 0. The molecule has 1 aliphatic rings. The summed E-state index contributed by atoms with van der Waals surface area (Å²) in [5.74, 6) is 0.221. The van der Waals surface area contributed by atoms with Crippen LogP contribution < -0.4 is 5.32 Å². The standard InChI is InChI=1S/C16H24N2O.ClH/c1-12-10-18(11-13(2)17-12)15(19)16(3,4)14-8-6-5-7-9-14;/h5-9,12-13,17H,10-11H2,1-4H3;1H. The van der Waals surface area contributed by atoms with Crippen LogP contribution in [0.4, 0.5) is 0 Å². The van der Waals surface area contributed by atoms with Gasteiger partial charge in [-0.05, 0) is 33.3 Å². The monoisotopic (exact) mass is 296 g/mol. The van der Waals surface area contributed by atoms with Gasteiger partial charge in [0.25, 0.3) is 0 Å². The number of carbonyl (C=O) groups excluding carboxylic acids is 1. The fourth-order valence-electron chi connectivity index (χ4n) is 2.87. The molecule has 0 saturated carbocycles. The van der Waals surface area contributed by atoms with E-state index >= 15 is 0 Å². The van der Waals surface area contributed by atoms with E-state index in [4.69, 9.17) is 0 Å². The van der Waals surface area contributed by atoms with Crippen LogP contribution in [0.5, 0.6) is 0 Å². The van der Waals surface area contributed by atoms with E-state index in [9.17, 15) is 4.79 Å². The van der Waals surface area contributed by atoms with Crippen LogP contribution in [0.2, 0.25) is 0 Å². The average Bonchev–Trinajstić information content (AvgIpc) is 2.37. The van der Waals surface area contributed by atoms with Gasteiger partial charge in [0.15, 0.2) is 0 Å². The lowest BCUT2D eigenvalue weighted by molar-refractivity contribution is -0.138. The minimum Gasteiger partial charge on any atom is -0.339 e. The lowest BCUT2D eigenvalue weighted by Gasteiger charge is -2.40. The second-order valence-corrected chi connectivity index (χ2v) is 6.17. The van der Waals surface area contributed by atoms with Crippen LogP contribution in [0.3, 0.4) is 0 Å². The molecule has 0 bridgehead atoms. The van der Waals surface area contributed by atoms with E-state index in [0.717, 1.165) is 18.7 Å².